The maximum absolute atomic E-state index is 13.5. The van der Waals surface area contributed by atoms with Crippen molar-refractivity contribution >= 4 is 5.91 Å². The smallest absolute Gasteiger partial charge is 0.254 e. The molecule has 0 bridgehead atoms. The van der Waals surface area contributed by atoms with E-state index in [2.05, 4.69) is 12.2 Å². The third-order valence-corrected chi connectivity index (χ3v) is 3.39. The molecular weight excluding hydrogens is 253 g/mol. The van der Waals surface area contributed by atoms with Crippen LogP contribution in [-0.4, -0.2) is 12.5 Å². The summed E-state index contributed by atoms with van der Waals surface area (Å²) in [6.07, 6.45) is 0.918. The number of benzene rings is 2. The van der Waals surface area contributed by atoms with Gasteiger partial charge in [-0.3, -0.25) is 4.79 Å². The summed E-state index contributed by atoms with van der Waals surface area (Å²) < 4.78 is 13.5. The number of carbonyl (C=O) groups is 1. The fraction of sp³-hybridized carbons (Fsp3) is 0.235. The Hall–Kier alpha value is -2.16. The van der Waals surface area contributed by atoms with E-state index in [-0.39, 0.29) is 17.4 Å². The van der Waals surface area contributed by atoms with E-state index in [4.69, 9.17) is 0 Å². The van der Waals surface area contributed by atoms with Crippen LogP contribution in [0.5, 0.6) is 0 Å². The molecule has 0 aliphatic carbocycles. The fourth-order valence-corrected chi connectivity index (χ4v) is 2.18. The number of rotatable bonds is 5. The number of carbonyl (C=O) groups excluding carboxylic acids is 1. The summed E-state index contributed by atoms with van der Waals surface area (Å²) in [6.45, 7) is 2.58. The minimum atomic E-state index is -0.488. The van der Waals surface area contributed by atoms with Gasteiger partial charge in [0.25, 0.3) is 5.91 Å². The summed E-state index contributed by atoms with van der Waals surface area (Å²) >= 11 is 0. The van der Waals surface area contributed by atoms with E-state index in [9.17, 15) is 9.18 Å². The first-order valence-electron chi connectivity index (χ1n) is 6.80. The molecule has 0 fully saturated rings. The van der Waals surface area contributed by atoms with E-state index in [1.807, 2.05) is 30.3 Å². The predicted octanol–water partition coefficient (Wildman–Crippen LogP) is 3.75. The lowest BCUT2D eigenvalue weighted by Gasteiger charge is -2.16. The topological polar surface area (TPSA) is 29.1 Å². The highest BCUT2D eigenvalue weighted by Gasteiger charge is 2.14. The Kier molecular flexibility index (Phi) is 4.88. The summed E-state index contributed by atoms with van der Waals surface area (Å²) in [4.78, 5) is 12.0. The molecule has 0 aliphatic rings. The molecule has 2 nitrogen and oxygen atoms in total. The summed E-state index contributed by atoms with van der Waals surface area (Å²) in [5, 5.41) is 2.81. The zero-order valence-corrected chi connectivity index (χ0v) is 11.5. The van der Waals surface area contributed by atoms with Gasteiger partial charge in [-0.2, -0.15) is 0 Å². The van der Waals surface area contributed by atoms with E-state index in [0.29, 0.717) is 6.54 Å². The van der Waals surface area contributed by atoms with Gasteiger partial charge >= 0.3 is 0 Å². The first kappa shape index (κ1) is 14.3. The van der Waals surface area contributed by atoms with Crippen molar-refractivity contribution in [1.82, 2.24) is 5.32 Å². The molecule has 20 heavy (non-hydrogen) atoms. The minimum Gasteiger partial charge on any atom is -0.351 e. The average Bonchev–Trinajstić information content (AvgIpc) is 2.49. The Labute approximate surface area is 118 Å². The SMILES string of the molecule is CCC(CNC(=O)c1ccccc1F)c1ccccc1. The van der Waals surface area contributed by atoms with Gasteiger partial charge in [-0.15, -0.1) is 0 Å². The monoisotopic (exact) mass is 271 g/mol. The van der Waals surface area contributed by atoms with Crippen LogP contribution in [0.4, 0.5) is 4.39 Å². The second-order valence-corrected chi connectivity index (χ2v) is 4.71. The highest BCUT2D eigenvalue weighted by molar-refractivity contribution is 5.94. The van der Waals surface area contributed by atoms with Crippen molar-refractivity contribution in [3.05, 3.63) is 71.5 Å². The third-order valence-electron chi connectivity index (χ3n) is 3.39. The molecule has 0 radical (unpaired) electrons. The van der Waals surface area contributed by atoms with Crippen LogP contribution in [0.2, 0.25) is 0 Å². The van der Waals surface area contributed by atoms with Crippen LogP contribution < -0.4 is 5.32 Å². The standard InChI is InChI=1S/C17H18FNO/c1-2-13(14-8-4-3-5-9-14)12-19-17(20)15-10-6-7-11-16(15)18/h3-11,13H,2,12H2,1H3,(H,19,20). The Morgan fingerprint density at radius 3 is 2.40 bits per heavy atom. The van der Waals surface area contributed by atoms with E-state index in [0.717, 1.165) is 6.42 Å². The number of halogens is 1. The van der Waals surface area contributed by atoms with E-state index < -0.39 is 5.82 Å². The lowest BCUT2D eigenvalue weighted by molar-refractivity contribution is 0.0947. The van der Waals surface area contributed by atoms with Crippen molar-refractivity contribution < 1.29 is 9.18 Å². The van der Waals surface area contributed by atoms with Crippen molar-refractivity contribution in [1.29, 1.82) is 0 Å². The summed E-state index contributed by atoms with van der Waals surface area (Å²) in [5.41, 5.74) is 1.28. The van der Waals surface area contributed by atoms with Crippen molar-refractivity contribution in [3.63, 3.8) is 0 Å². The van der Waals surface area contributed by atoms with Gasteiger partial charge in [-0.1, -0.05) is 49.4 Å². The quantitative estimate of drug-likeness (QED) is 0.881. The van der Waals surface area contributed by atoms with Crippen molar-refractivity contribution in [2.75, 3.05) is 6.54 Å². The average molecular weight is 271 g/mol. The van der Waals surface area contributed by atoms with E-state index in [1.54, 1.807) is 12.1 Å². The third kappa shape index (κ3) is 3.44. The van der Waals surface area contributed by atoms with Crippen LogP contribution in [0.25, 0.3) is 0 Å². The van der Waals surface area contributed by atoms with Crippen LogP contribution in [-0.2, 0) is 0 Å². The largest absolute Gasteiger partial charge is 0.351 e. The maximum Gasteiger partial charge on any atom is 0.254 e. The highest BCUT2D eigenvalue weighted by Crippen LogP contribution is 2.18. The molecule has 2 rings (SSSR count). The van der Waals surface area contributed by atoms with Gasteiger partial charge in [0, 0.05) is 12.5 Å². The zero-order valence-electron chi connectivity index (χ0n) is 11.5. The van der Waals surface area contributed by atoms with Gasteiger partial charge in [0.05, 0.1) is 5.56 Å². The molecule has 0 saturated heterocycles. The van der Waals surface area contributed by atoms with Crippen molar-refractivity contribution in [2.24, 2.45) is 0 Å². The van der Waals surface area contributed by atoms with E-state index >= 15 is 0 Å². The summed E-state index contributed by atoms with van der Waals surface area (Å²) in [5.74, 6) is -0.609. The molecule has 1 atom stereocenters. The maximum atomic E-state index is 13.5. The van der Waals surface area contributed by atoms with Crippen LogP contribution >= 0.6 is 0 Å². The first-order chi connectivity index (χ1) is 9.72. The van der Waals surface area contributed by atoms with Crippen LogP contribution in [0.3, 0.4) is 0 Å². The number of nitrogens with one attached hydrogen (secondary N) is 1. The molecule has 0 heterocycles. The Morgan fingerprint density at radius 1 is 1.10 bits per heavy atom. The molecular formula is C17H18FNO. The first-order valence-corrected chi connectivity index (χ1v) is 6.80. The molecule has 1 N–H and O–H groups in total. The molecule has 1 amide bonds. The van der Waals surface area contributed by atoms with Crippen LogP contribution in [0, 0.1) is 5.82 Å². The summed E-state index contributed by atoms with van der Waals surface area (Å²) in [7, 11) is 0. The van der Waals surface area contributed by atoms with Crippen molar-refractivity contribution in [3.8, 4) is 0 Å². The Balaban J connectivity index is 2.01. The zero-order chi connectivity index (χ0) is 14.4. The second kappa shape index (κ2) is 6.85. The van der Waals surface area contributed by atoms with Gasteiger partial charge in [-0.25, -0.2) is 4.39 Å². The molecule has 0 saturated carbocycles. The lowest BCUT2D eigenvalue weighted by Crippen LogP contribution is -2.28. The lowest BCUT2D eigenvalue weighted by atomic mass is 9.96. The van der Waals surface area contributed by atoms with Gasteiger partial charge in [0.1, 0.15) is 5.82 Å². The molecule has 3 heteroatoms. The fourth-order valence-electron chi connectivity index (χ4n) is 2.18. The van der Waals surface area contributed by atoms with Gasteiger partial charge in [0.2, 0.25) is 0 Å². The molecule has 0 spiro atoms. The van der Waals surface area contributed by atoms with Crippen LogP contribution in [0.15, 0.2) is 54.6 Å². The molecule has 0 aliphatic heterocycles. The minimum absolute atomic E-state index is 0.0930. The molecule has 104 valence electrons. The normalized spacial score (nSPS) is 11.9. The van der Waals surface area contributed by atoms with E-state index in [1.165, 1.54) is 17.7 Å². The Morgan fingerprint density at radius 2 is 1.75 bits per heavy atom. The van der Waals surface area contributed by atoms with Gasteiger partial charge < -0.3 is 5.32 Å². The number of amides is 1. The summed E-state index contributed by atoms with van der Waals surface area (Å²) in [6, 6.07) is 16.0. The molecule has 2 aromatic rings. The van der Waals surface area contributed by atoms with Crippen molar-refractivity contribution in [2.45, 2.75) is 19.3 Å². The number of hydrogen-bond acceptors (Lipinski definition) is 1. The van der Waals surface area contributed by atoms with Gasteiger partial charge in [-0.05, 0) is 24.1 Å². The second-order valence-electron chi connectivity index (χ2n) is 4.71. The number of hydrogen-bond donors (Lipinski definition) is 1. The molecule has 2 aromatic carbocycles. The molecule has 1 unspecified atom stereocenters. The highest BCUT2D eigenvalue weighted by atomic mass is 19.1. The predicted molar refractivity (Wildman–Crippen MR) is 78.2 cm³/mol. The van der Waals surface area contributed by atoms with Gasteiger partial charge in [0.15, 0.2) is 0 Å². The van der Waals surface area contributed by atoms with Crippen LogP contribution in [0.1, 0.15) is 35.2 Å². The Bertz CT molecular complexity index is 568. The molecule has 0 aromatic heterocycles.